The third-order valence-corrected chi connectivity index (χ3v) is 4.91. The zero-order valence-electron chi connectivity index (χ0n) is 15.1. The fourth-order valence-electron chi connectivity index (χ4n) is 2.68. The van der Waals surface area contributed by atoms with E-state index in [1.165, 1.54) is 11.3 Å². The van der Waals surface area contributed by atoms with Crippen molar-refractivity contribution in [3.05, 3.63) is 40.2 Å². The Hall–Kier alpha value is -2.33. The molecule has 1 amide bonds. The number of nitrogens with zero attached hydrogens (tertiary/aromatic N) is 2. The Labute approximate surface area is 163 Å². The molecule has 1 aliphatic heterocycles. The number of thiophene rings is 1. The second kappa shape index (κ2) is 8.78. The summed E-state index contributed by atoms with van der Waals surface area (Å²) in [5.74, 6) is 0.488. The standard InChI is InChI=1S/C18H19F3N2O4S/c1-2-25-14-5-8-28-16(14)17(24)23-6-7-26-13(10-23)11-27-15-4-3-12(9-22-15)18(19,20)21/h3-5,8-9,13H,2,6-7,10-11H2,1H3. The predicted molar refractivity (Wildman–Crippen MR) is 95.9 cm³/mol. The van der Waals surface area contributed by atoms with Gasteiger partial charge < -0.3 is 19.1 Å². The highest BCUT2D eigenvalue weighted by Crippen LogP contribution is 2.29. The van der Waals surface area contributed by atoms with Crippen molar-refractivity contribution in [2.75, 3.05) is 32.9 Å². The Morgan fingerprint density at radius 2 is 2.18 bits per heavy atom. The molecular formula is C18H19F3N2O4S. The van der Waals surface area contributed by atoms with Crippen molar-refractivity contribution < 1.29 is 32.2 Å². The van der Waals surface area contributed by atoms with E-state index >= 15 is 0 Å². The van der Waals surface area contributed by atoms with Gasteiger partial charge in [-0.05, 0) is 24.4 Å². The van der Waals surface area contributed by atoms with Crippen molar-refractivity contribution in [2.45, 2.75) is 19.2 Å². The van der Waals surface area contributed by atoms with Crippen LogP contribution in [0.3, 0.4) is 0 Å². The number of aromatic nitrogens is 1. The van der Waals surface area contributed by atoms with Gasteiger partial charge in [0.05, 0.1) is 25.3 Å². The van der Waals surface area contributed by atoms with Gasteiger partial charge in [-0.2, -0.15) is 13.2 Å². The molecule has 2 aromatic rings. The highest BCUT2D eigenvalue weighted by atomic mass is 32.1. The number of alkyl halides is 3. The summed E-state index contributed by atoms with van der Waals surface area (Å²) in [6, 6.07) is 3.83. The van der Waals surface area contributed by atoms with Crippen LogP contribution in [-0.2, 0) is 10.9 Å². The Morgan fingerprint density at radius 3 is 2.86 bits per heavy atom. The number of carbonyl (C=O) groups excluding carboxylic acids is 1. The van der Waals surface area contributed by atoms with E-state index < -0.39 is 17.8 Å². The van der Waals surface area contributed by atoms with Gasteiger partial charge in [-0.1, -0.05) is 0 Å². The van der Waals surface area contributed by atoms with Crippen LogP contribution in [0.25, 0.3) is 0 Å². The molecule has 1 saturated heterocycles. The summed E-state index contributed by atoms with van der Waals surface area (Å²) in [6.07, 6.45) is -4.13. The number of halogens is 3. The van der Waals surface area contributed by atoms with Gasteiger partial charge in [0.15, 0.2) is 0 Å². The second-order valence-electron chi connectivity index (χ2n) is 5.98. The van der Waals surface area contributed by atoms with Crippen LogP contribution in [0.1, 0.15) is 22.2 Å². The molecule has 0 aliphatic carbocycles. The first-order chi connectivity index (χ1) is 13.4. The smallest absolute Gasteiger partial charge is 0.417 e. The van der Waals surface area contributed by atoms with Gasteiger partial charge in [0.2, 0.25) is 5.88 Å². The quantitative estimate of drug-likeness (QED) is 0.722. The van der Waals surface area contributed by atoms with E-state index in [0.29, 0.717) is 36.9 Å². The van der Waals surface area contributed by atoms with Crippen molar-refractivity contribution in [3.8, 4) is 11.6 Å². The lowest BCUT2D eigenvalue weighted by molar-refractivity contribution is -0.137. The number of rotatable bonds is 6. The first-order valence-electron chi connectivity index (χ1n) is 8.65. The maximum absolute atomic E-state index is 12.7. The number of carbonyl (C=O) groups is 1. The van der Waals surface area contributed by atoms with Crippen LogP contribution in [0.2, 0.25) is 0 Å². The first kappa shape index (κ1) is 20.4. The minimum Gasteiger partial charge on any atom is -0.492 e. The zero-order valence-corrected chi connectivity index (χ0v) is 15.9. The molecule has 2 aromatic heterocycles. The third kappa shape index (κ3) is 4.93. The molecule has 3 heterocycles. The normalized spacial score (nSPS) is 17.4. The van der Waals surface area contributed by atoms with E-state index in [9.17, 15) is 18.0 Å². The summed E-state index contributed by atoms with van der Waals surface area (Å²) in [7, 11) is 0. The molecule has 1 aliphatic rings. The highest BCUT2D eigenvalue weighted by Gasteiger charge is 2.31. The van der Waals surface area contributed by atoms with Gasteiger partial charge in [0, 0.05) is 18.8 Å². The number of hydrogen-bond donors (Lipinski definition) is 0. The van der Waals surface area contributed by atoms with Gasteiger partial charge in [0.25, 0.3) is 5.91 Å². The number of morpholine rings is 1. The molecule has 152 valence electrons. The Morgan fingerprint density at radius 1 is 1.36 bits per heavy atom. The molecule has 6 nitrogen and oxygen atoms in total. The summed E-state index contributed by atoms with van der Waals surface area (Å²) < 4.78 is 54.2. The first-order valence-corrected chi connectivity index (χ1v) is 9.53. The van der Waals surface area contributed by atoms with Crippen LogP contribution in [0.5, 0.6) is 11.6 Å². The third-order valence-electron chi connectivity index (χ3n) is 4.03. The van der Waals surface area contributed by atoms with Crippen LogP contribution in [0.15, 0.2) is 29.8 Å². The maximum Gasteiger partial charge on any atom is 0.417 e. The van der Waals surface area contributed by atoms with E-state index in [-0.39, 0.29) is 18.4 Å². The van der Waals surface area contributed by atoms with Crippen molar-refractivity contribution in [3.63, 3.8) is 0 Å². The SMILES string of the molecule is CCOc1ccsc1C(=O)N1CCOC(COc2ccc(C(F)(F)F)cn2)C1. The molecule has 0 spiro atoms. The summed E-state index contributed by atoms with van der Waals surface area (Å²) in [6.45, 7) is 3.49. The molecule has 10 heteroatoms. The van der Waals surface area contributed by atoms with E-state index in [4.69, 9.17) is 14.2 Å². The van der Waals surface area contributed by atoms with Crippen molar-refractivity contribution in [2.24, 2.45) is 0 Å². The molecule has 0 radical (unpaired) electrons. The molecule has 0 bridgehead atoms. The lowest BCUT2D eigenvalue weighted by Crippen LogP contribution is -2.47. The molecule has 1 atom stereocenters. The minimum atomic E-state index is -4.44. The van der Waals surface area contributed by atoms with Crippen LogP contribution in [0.4, 0.5) is 13.2 Å². The highest BCUT2D eigenvalue weighted by molar-refractivity contribution is 7.12. The average Bonchev–Trinajstić information content (AvgIpc) is 3.14. The predicted octanol–water partition coefficient (Wildman–Crippen LogP) is 3.48. The lowest BCUT2D eigenvalue weighted by Gasteiger charge is -2.32. The molecule has 28 heavy (non-hydrogen) atoms. The summed E-state index contributed by atoms with van der Waals surface area (Å²) >= 11 is 1.32. The van der Waals surface area contributed by atoms with Gasteiger partial charge in [0.1, 0.15) is 23.3 Å². The van der Waals surface area contributed by atoms with Gasteiger partial charge >= 0.3 is 6.18 Å². The van der Waals surface area contributed by atoms with Crippen LogP contribution in [0, 0.1) is 0 Å². The fourth-order valence-corrected chi connectivity index (χ4v) is 3.48. The molecular weight excluding hydrogens is 397 g/mol. The number of pyridine rings is 1. The topological polar surface area (TPSA) is 60.9 Å². The maximum atomic E-state index is 12.7. The minimum absolute atomic E-state index is 0.0666. The fraction of sp³-hybridized carbons (Fsp3) is 0.444. The van der Waals surface area contributed by atoms with Crippen LogP contribution < -0.4 is 9.47 Å². The summed E-state index contributed by atoms with van der Waals surface area (Å²) in [5, 5.41) is 1.80. The average molecular weight is 416 g/mol. The van der Waals surface area contributed by atoms with Gasteiger partial charge in [-0.25, -0.2) is 4.98 Å². The van der Waals surface area contributed by atoms with Crippen molar-refractivity contribution in [1.29, 1.82) is 0 Å². The molecule has 0 N–H and O–H groups in total. The molecule has 0 aromatic carbocycles. The Kier molecular flexibility index (Phi) is 6.40. The second-order valence-corrected chi connectivity index (χ2v) is 6.90. The molecule has 3 rings (SSSR count). The van der Waals surface area contributed by atoms with Crippen LogP contribution in [-0.4, -0.2) is 54.8 Å². The van der Waals surface area contributed by atoms with Crippen molar-refractivity contribution in [1.82, 2.24) is 9.88 Å². The largest absolute Gasteiger partial charge is 0.492 e. The van der Waals surface area contributed by atoms with Gasteiger partial charge in [-0.3, -0.25) is 4.79 Å². The van der Waals surface area contributed by atoms with Crippen LogP contribution >= 0.6 is 11.3 Å². The van der Waals surface area contributed by atoms with E-state index in [1.54, 1.807) is 16.3 Å². The molecule has 1 unspecified atom stereocenters. The number of ether oxygens (including phenoxy) is 3. The Bertz CT molecular complexity index is 795. The Balaban J connectivity index is 1.56. The molecule has 0 saturated carbocycles. The number of amides is 1. The summed E-state index contributed by atoms with van der Waals surface area (Å²) in [4.78, 5) is 18.6. The zero-order chi connectivity index (χ0) is 20.1. The number of hydrogen-bond acceptors (Lipinski definition) is 6. The van der Waals surface area contributed by atoms with E-state index in [2.05, 4.69) is 4.98 Å². The molecule has 1 fully saturated rings. The van der Waals surface area contributed by atoms with Crippen molar-refractivity contribution >= 4 is 17.2 Å². The summed E-state index contributed by atoms with van der Waals surface area (Å²) in [5.41, 5.74) is -0.841. The van der Waals surface area contributed by atoms with E-state index in [1.807, 2.05) is 6.92 Å². The monoisotopic (exact) mass is 416 g/mol. The van der Waals surface area contributed by atoms with E-state index in [0.717, 1.165) is 18.3 Å². The lowest BCUT2D eigenvalue weighted by atomic mass is 10.2. The van der Waals surface area contributed by atoms with Gasteiger partial charge in [-0.15, -0.1) is 11.3 Å².